The van der Waals surface area contributed by atoms with Crippen LogP contribution in [0.2, 0.25) is 0 Å². The number of carboxylic acid groups (broad SMARTS) is 1. The average Bonchev–Trinajstić information content (AvgIpc) is 2.73. The quantitative estimate of drug-likeness (QED) is 0.666. The van der Waals surface area contributed by atoms with Gasteiger partial charge in [0.05, 0.1) is 11.5 Å². The number of phenols is 1. The number of cyclic esters (lactones) is 1. The number of carboxylic acids is 1. The Morgan fingerprint density at radius 1 is 1.43 bits per heavy atom. The summed E-state index contributed by atoms with van der Waals surface area (Å²) in [5.74, 6) is -2.66. The number of rotatable bonds is 4. The maximum atomic E-state index is 12.2. The highest BCUT2D eigenvalue weighted by atomic mass is 32.2. The van der Waals surface area contributed by atoms with E-state index in [1.165, 1.54) is 6.92 Å². The number of aromatic carboxylic acids is 1. The summed E-state index contributed by atoms with van der Waals surface area (Å²) < 4.78 is 31.3. The summed E-state index contributed by atoms with van der Waals surface area (Å²) in [7, 11) is -4.11. The van der Waals surface area contributed by atoms with Crippen molar-refractivity contribution >= 4 is 22.0 Å². The van der Waals surface area contributed by atoms with Gasteiger partial charge in [0, 0.05) is 6.42 Å². The zero-order chi connectivity index (χ0) is 15.8. The minimum atomic E-state index is -4.11. The zero-order valence-electron chi connectivity index (χ0n) is 11.0. The molecule has 1 aliphatic rings. The number of aromatic hydroxyl groups is 1. The van der Waals surface area contributed by atoms with Gasteiger partial charge in [-0.25, -0.2) is 13.2 Å². The van der Waals surface area contributed by atoms with Crippen LogP contribution in [0.4, 0.5) is 0 Å². The Hall–Kier alpha value is -2.13. The zero-order valence-corrected chi connectivity index (χ0v) is 11.8. The van der Waals surface area contributed by atoms with Crippen LogP contribution in [0.1, 0.15) is 22.3 Å². The van der Waals surface area contributed by atoms with Crippen molar-refractivity contribution in [3.63, 3.8) is 0 Å². The van der Waals surface area contributed by atoms with Gasteiger partial charge in [0.25, 0.3) is 0 Å². The molecule has 0 aromatic heterocycles. The normalized spacial score (nSPS) is 18.5. The van der Waals surface area contributed by atoms with Crippen LogP contribution in [0.3, 0.4) is 0 Å². The van der Waals surface area contributed by atoms with Crippen molar-refractivity contribution in [2.45, 2.75) is 24.3 Å². The molecule has 8 nitrogen and oxygen atoms in total. The minimum Gasteiger partial charge on any atom is -0.507 e. The second kappa shape index (κ2) is 5.34. The molecule has 1 heterocycles. The molecule has 0 bridgehead atoms. The summed E-state index contributed by atoms with van der Waals surface area (Å²) in [6, 6.07) is 0.914. The van der Waals surface area contributed by atoms with Gasteiger partial charge in [0.1, 0.15) is 17.4 Å². The molecule has 1 atom stereocenters. The number of esters is 1. The summed E-state index contributed by atoms with van der Waals surface area (Å²) in [6.07, 6.45) is 0.209. The lowest BCUT2D eigenvalue weighted by atomic mass is 10.1. The number of carbonyl (C=O) groups is 2. The van der Waals surface area contributed by atoms with Crippen LogP contribution in [0.25, 0.3) is 0 Å². The number of hydrogen-bond acceptors (Lipinski definition) is 6. The minimum absolute atomic E-state index is 0.126. The fourth-order valence-electron chi connectivity index (χ4n) is 1.99. The summed E-state index contributed by atoms with van der Waals surface area (Å²) >= 11 is 0. The predicted octanol–water partition coefficient (Wildman–Crippen LogP) is -0.00738. The Morgan fingerprint density at radius 3 is 2.62 bits per heavy atom. The van der Waals surface area contributed by atoms with Gasteiger partial charge >= 0.3 is 11.9 Å². The molecular weight excluding hydrogens is 302 g/mol. The van der Waals surface area contributed by atoms with Gasteiger partial charge < -0.3 is 14.9 Å². The number of ether oxygens (including phenoxy) is 1. The molecule has 1 saturated heterocycles. The first-order valence-electron chi connectivity index (χ1n) is 5.98. The molecule has 0 amide bonds. The first kappa shape index (κ1) is 15.3. The second-order valence-electron chi connectivity index (χ2n) is 4.57. The molecule has 0 saturated carbocycles. The summed E-state index contributed by atoms with van der Waals surface area (Å²) in [6.45, 7) is 1.54. The number of nitrogens with one attached hydrogen (secondary N) is 1. The SMILES string of the molecule is Cc1cc(O)c(C(=O)O)cc1S(=O)(=O)NC1CCOC1=O. The van der Waals surface area contributed by atoms with Crippen molar-refractivity contribution in [1.29, 1.82) is 0 Å². The van der Waals surface area contributed by atoms with E-state index in [1.54, 1.807) is 0 Å². The van der Waals surface area contributed by atoms with Crippen molar-refractivity contribution in [3.05, 3.63) is 23.3 Å². The molecule has 1 unspecified atom stereocenters. The largest absolute Gasteiger partial charge is 0.507 e. The highest BCUT2D eigenvalue weighted by molar-refractivity contribution is 7.89. The van der Waals surface area contributed by atoms with Crippen molar-refractivity contribution in [3.8, 4) is 5.75 Å². The fourth-order valence-corrected chi connectivity index (χ4v) is 3.46. The molecule has 1 aromatic carbocycles. The van der Waals surface area contributed by atoms with Crippen molar-refractivity contribution < 1.29 is 33.0 Å². The number of sulfonamides is 1. The van der Waals surface area contributed by atoms with E-state index in [1.807, 2.05) is 0 Å². The van der Waals surface area contributed by atoms with E-state index in [0.29, 0.717) is 0 Å². The molecule has 1 aromatic rings. The van der Waals surface area contributed by atoms with Crippen molar-refractivity contribution in [1.82, 2.24) is 4.72 Å². The van der Waals surface area contributed by atoms with Gasteiger partial charge in [-0.1, -0.05) is 0 Å². The van der Waals surface area contributed by atoms with E-state index in [-0.39, 0.29) is 23.5 Å². The molecule has 2 rings (SSSR count). The lowest BCUT2D eigenvalue weighted by molar-refractivity contribution is -0.139. The number of carbonyl (C=O) groups excluding carboxylic acids is 1. The van der Waals surface area contributed by atoms with E-state index < -0.39 is 39.3 Å². The molecule has 1 fully saturated rings. The van der Waals surface area contributed by atoms with Gasteiger partial charge in [-0.3, -0.25) is 4.79 Å². The highest BCUT2D eigenvalue weighted by Crippen LogP contribution is 2.26. The van der Waals surface area contributed by atoms with Gasteiger partial charge in [0.2, 0.25) is 10.0 Å². The van der Waals surface area contributed by atoms with Crippen molar-refractivity contribution in [2.24, 2.45) is 0 Å². The summed E-state index contributed by atoms with van der Waals surface area (Å²) in [5, 5.41) is 18.4. The molecule has 114 valence electrons. The first-order chi connectivity index (χ1) is 9.72. The predicted molar refractivity (Wildman–Crippen MR) is 69.5 cm³/mol. The third-order valence-electron chi connectivity index (χ3n) is 3.05. The third-order valence-corrected chi connectivity index (χ3v) is 4.66. The van der Waals surface area contributed by atoms with Crippen LogP contribution < -0.4 is 4.72 Å². The van der Waals surface area contributed by atoms with Gasteiger partial charge in [-0.05, 0) is 24.6 Å². The number of hydrogen-bond donors (Lipinski definition) is 3. The van der Waals surface area contributed by atoms with Crippen LogP contribution in [0, 0.1) is 6.92 Å². The van der Waals surface area contributed by atoms with E-state index in [0.717, 1.165) is 12.1 Å². The Labute approximate surface area is 120 Å². The van der Waals surface area contributed by atoms with E-state index in [4.69, 9.17) is 5.11 Å². The van der Waals surface area contributed by atoms with Gasteiger partial charge in [0.15, 0.2) is 0 Å². The Kier molecular flexibility index (Phi) is 3.88. The molecule has 3 N–H and O–H groups in total. The molecular formula is C12H13NO7S. The van der Waals surface area contributed by atoms with Crippen LogP contribution in [0.15, 0.2) is 17.0 Å². The van der Waals surface area contributed by atoms with Gasteiger partial charge in [-0.2, -0.15) is 4.72 Å². The van der Waals surface area contributed by atoms with Crippen LogP contribution >= 0.6 is 0 Å². The standard InChI is InChI=1S/C12H13NO7S/c1-6-4-9(14)7(11(15)16)5-10(6)21(18,19)13-8-2-3-20-12(8)17/h4-5,8,13-14H,2-3H2,1H3,(H,15,16). The van der Waals surface area contributed by atoms with Crippen LogP contribution in [-0.2, 0) is 19.6 Å². The van der Waals surface area contributed by atoms with Crippen LogP contribution in [-0.4, -0.2) is 43.2 Å². The summed E-state index contributed by atoms with van der Waals surface area (Å²) in [5.41, 5.74) is -0.369. The Bertz CT molecular complexity index is 711. The van der Waals surface area contributed by atoms with E-state index >= 15 is 0 Å². The maximum Gasteiger partial charge on any atom is 0.339 e. The lowest BCUT2D eigenvalue weighted by Gasteiger charge is -2.13. The first-order valence-corrected chi connectivity index (χ1v) is 7.46. The second-order valence-corrected chi connectivity index (χ2v) is 6.25. The molecule has 9 heteroatoms. The highest BCUT2D eigenvalue weighted by Gasteiger charge is 2.32. The molecule has 1 aliphatic heterocycles. The van der Waals surface area contributed by atoms with Gasteiger partial charge in [-0.15, -0.1) is 0 Å². The van der Waals surface area contributed by atoms with Crippen molar-refractivity contribution in [2.75, 3.05) is 6.61 Å². The maximum absolute atomic E-state index is 12.2. The smallest absolute Gasteiger partial charge is 0.339 e. The fraction of sp³-hybridized carbons (Fsp3) is 0.333. The average molecular weight is 315 g/mol. The van der Waals surface area contributed by atoms with E-state index in [9.17, 15) is 23.1 Å². The molecule has 0 aliphatic carbocycles. The summed E-state index contributed by atoms with van der Waals surface area (Å²) in [4.78, 5) is 22.0. The monoisotopic (exact) mass is 315 g/mol. The molecule has 0 radical (unpaired) electrons. The third kappa shape index (κ3) is 2.98. The Morgan fingerprint density at radius 2 is 2.10 bits per heavy atom. The Balaban J connectivity index is 2.42. The number of benzene rings is 1. The van der Waals surface area contributed by atoms with Crippen LogP contribution in [0.5, 0.6) is 5.75 Å². The lowest BCUT2D eigenvalue weighted by Crippen LogP contribution is -2.38. The topological polar surface area (TPSA) is 130 Å². The number of aryl methyl sites for hydroxylation is 1. The molecule has 21 heavy (non-hydrogen) atoms. The molecule has 0 spiro atoms. The van der Waals surface area contributed by atoms with E-state index in [2.05, 4.69) is 9.46 Å².